The molecule has 2 N–H and O–H groups in total. The number of amides is 1. The van der Waals surface area contributed by atoms with Crippen LogP contribution in [0.1, 0.15) is 38.1 Å². The highest BCUT2D eigenvalue weighted by Gasteiger charge is 2.19. The van der Waals surface area contributed by atoms with Gasteiger partial charge in [-0.2, -0.15) is 0 Å². The van der Waals surface area contributed by atoms with E-state index in [1.54, 1.807) is 62.4 Å². The third-order valence-electron chi connectivity index (χ3n) is 4.73. The summed E-state index contributed by atoms with van der Waals surface area (Å²) >= 11 is 0. The Kier molecular flexibility index (Phi) is 10.8. The van der Waals surface area contributed by atoms with Crippen molar-refractivity contribution in [3.63, 3.8) is 0 Å². The van der Waals surface area contributed by atoms with Crippen LogP contribution in [0.5, 0.6) is 5.75 Å². The second-order valence-electron chi connectivity index (χ2n) is 7.10. The summed E-state index contributed by atoms with van der Waals surface area (Å²) in [6, 6.07) is 13.6. The van der Waals surface area contributed by atoms with E-state index < -0.39 is 21.2 Å². The molecule has 0 saturated heterocycles. The van der Waals surface area contributed by atoms with Gasteiger partial charge in [-0.1, -0.05) is 26.0 Å². The summed E-state index contributed by atoms with van der Waals surface area (Å²) in [5.41, 5.74) is 1.10. The molecule has 0 bridgehead atoms. The molecular formula is C22H32ClN3O4S. The molecule has 1 amide bonds. The lowest BCUT2D eigenvalue weighted by Gasteiger charge is -2.18. The summed E-state index contributed by atoms with van der Waals surface area (Å²) in [6.45, 7) is 10.8. The van der Waals surface area contributed by atoms with Gasteiger partial charge in [0.25, 0.3) is 5.91 Å². The number of rotatable bonds is 11. The van der Waals surface area contributed by atoms with Gasteiger partial charge in [-0.15, -0.1) is 12.4 Å². The number of carbonyl (C=O) groups excluding carboxylic acids is 1. The molecule has 2 rings (SSSR count). The first-order valence-corrected chi connectivity index (χ1v) is 11.7. The van der Waals surface area contributed by atoms with Gasteiger partial charge in [-0.3, -0.25) is 9.52 Å². The van der Waals surface area contributed by atoms with E-state index in [-0.39, 0.29) is 23.7 Å². The smallest absolute Gasteiger partial charge is 0.257 e. The van der Waals surface area contributed by atoms with E-state index in [1.807, 2.05) is 0 Å². The largest absolute Gasteiger partial charge is 0.492 e. The van der Waals surface area contributed by atoms with E-state index in [2.05, 4.69) is 28.8 Å². The number of carbonyl (C=O) groups is 1. The summed E-state index contributed by atoms with van der Waals surface area (Å²) in [5, 5.41) is 2.19. The zero-order valence-electron chi connectivity index (χ0n) is 18.4. The van der Waals surface area contributed by atoms with Crippen LogP contribution in [0.15, 0.2) is 48.5 Å². The van der Waals surface area contributed by atoms with Gasteiger partial charge in [0.15, 0.2) is 0 Å². The van der Waals surface area contributed by atoms with Crippen molar-refractivity contribution < 1.29 is 17.9 Å². The quantitative estimate of drug-likeness (QED) is 0.514. The Morgan fingerprint density at radius 2 is 1.65 bits per heavy atom. The Morgan fingerprint density at radius 1 is 1.03 bits per heavy atom. The summed E-state index contributed by atoms with van der Waals surface area (Å²) in [5.74, 6) is 0.331. The summed E-state index contributed by atoms with van der Waals surface area (Å²) in [6.07, 6.45) is 0. The number of hydrogen-bond donors (Lipinski definition) is 2. The number of halogens is 1. The number of sulfonamides is 1. The van der Waals surface area contributed by atoms with Crippen LogP contribution in [-0.2, 0) is 10.0 Å². The molecule has 9 heteroatoms. The standard InChI is InChI=1S/C22H31N3O4S.ClH/c1-5-25(6-2)15-16-29-19-13-11-18(12-14-19)23-22(26)20-9-7-8-10-21(20)24-30(27,28)17(3)4;/h7-14,17,24H,5-6,15-16H2,1-4H3,(H,23,26);1H. The minimum absolute atomic E-state index is 0. The molecule has 0 fully saturated rings. The molecule has 2 aromatic rings. The Labute approximate surface area is 191 Å². The third-order valence-corrected chi connectivity index (χ3v) is 6.47. The van der Waals surface area contributed by atoms with E-state index in [4.69, 9.17) is 4.74 Å². The molecule has 0 aliphatic rings. The Hall–Kier alpha value is -2.29. The van der Waals surface area contributed by atoms with Crippen molar-refractivity contribution in [2.75, 3.05) is 36.3 Å². The monoisotopic (exact) mass is 469 g/mol. The van der Waals surface area contributed by atoms with E-state index >= 15 is 0 Å². The molecule has 7 nitrogen and oxygen atoms in total. The number of benzene rings is 2. The topological polar surface area (TPSA) is 87.7 Å². The SMILES string of the molecule is CCN(CC)CCOc1ccc(NC(=O)c2ccccc2NS(=O)(=O)C(C)C)cc1.Cl. The first-order chi connectivity index (χ1) is 14.3. The van der Waals surface area contributed by atoms with Crippen LogP contribution in [0.4, 0.5) is 11.4 Å². The van der Waals surface area contributed by atoms with Crippen molar-refractivity contribution in [3.05, 3.63) is 54.1 Å². The lowest BCUT2D eigenvalue weighted by molar-refractivity contribution is 0.102. The third kappa shape index (κ3) is 8.05. The van der Waals surface area contributed by atoms with Crippen molar-refractivity contribution in [3.8, 4) is 5.75 Å². The number of ether oxygens (including phenoxy) is 1. The number of hydrogen-bond acceptors (Lipinski definition) is 5. The molecule has 2 aromatic carbocycles. The van der Waals surface area contributed by atoms with Crippen molar-refractivity contribution >= 4 is 39.7 Å². The lowest BCUT2D eigenvalue weighted by atomic mass is 10.1. The predicted octanol–water partition coefficient (Wildman–Crippen LogP) is 4.23. The van der Waals surface area contributed by atoms with Gasteiger partial charge in [0.05, 0.1) is 16.5 Å². The molecule has 0 spiro atoms. The van der Waals surface area contributed by atoms with Gasteiger partial charge < -0.3 is 15.0 Å². The van der Waals surface area contributed by atoms with Crippen molar-refractivity contribution in [2.24, 2.45) is 0 Å². The normalized spacial score (nSPS) is 11.2. The highest BCUT2D eigenvalue weighted by Crippen LogP contribution is 2.21. The Morgan fingerprint density at radius 3 is 2.23 bits per heavy atom. The molecular weight excluding hydrogens is 438 g/mol. The predicted molar refractivity (Wildman–Crippen MR) is 129 cm³/mol. The highest BCUT2D eigenvalue weighted by atomic mass is 35.5. The van der Waals surface area contributed by atoms with Gasteiger partial charge in [0.1, 0.15) is 12.4 Å². The number of nitrogens with one attached hydrogen (secondary N) is 2. The average molecular weight is 470 g/mol. The van der Waals surface area contributed by atoms with E-state index in [0.717, 1.165) is 25.4 Å². The summed E-state index contributed by atoms with van der Waals surface area (Å²) in [7, 11) is -3.55. The number of likely N-dealkylation sites (N-methyl/N-ethyl adjacent to an activating group) is 1. The van der Waals surface area contributed by atoms with E-state index in [1.165, 1.54) is 0 Å². The second-order valence-corrected chi connectivity index (χ2v) is 9.33. The minimum Gasteiger partial charge on any atom is -0.492 e. The summed E-state index contributed by atoms with van der Waals surface area (Å²) in [4.78, 5) is 15.0. The van der Waals surface area contributed by atoms with Gasteiger partial charge in [0.2, 0.25) is 10.0 Å². The molecule has 0 radical (unpaired) electrons. The number of nitrogens with zero attached hydrogens (tertiary/aromatic N) is 1. The van der Waals surface area contributed by atoms with E-state index in [0.29, 0.717) is 12.3 Å². The number of anilines is 2. The maximum absolute atomic E-state index is 12.7. The second kappa shape index (κ2) is 12.5. The van der Waals surface area contributed by atoms with Crippen molar-refractivity contribution in [1.29, 1.82) is 0 Å². The minimum atomic E-state index is -3.55. The maximum atomic E-state index is 12.7. The molecule has 31 heavy (non-hydrogen) atoms. The molecule has 0 unspecified atom stereocenters. The highest BCUT2D eigenvalue weighted by molar-refractivity contribution is 7.93. The van der Waals surface area contributed by atoms with Gasteiger partial charge in [-0.25, -0.2) is 8.42 Å². The molecule has 0 atom stereocenters. The average Bonchev–Trinajstić information content (AvgIpc) is 2.72. The molecule has 172 valence electrons. The lowest BCUT2D eigenvalue weighted by Crippen LogP contribution is -2.27. The van der Waals surface area contributed by atoms with E-state index in [9.17, 15) is 13.2 Å². The van der Waals surface area contributed by atoms with Gasteiger partial charge in [0, 0.05) is 12.2 Å². The molecule has 0 aliphatic carbocycles. The van der Waals surface area contributed by atoms with Gasteiger partial charge in [-0.05, 0) is 63.3 Å². The maximum Gasteiger partial charge on any atom is 0.257 e. The zero-order valence-corrected chi connectivity index (χ0v) is 20.1. The van der Waals surface area contributed by atoms with Crippen LogP contribution < -0.4 is 14.8 Å². The first kappa shape index (κ1) is 26.7. The molecule has 0 aromatic heterocycles. The molecule has 0 heterocycles. The van der Waals surface area contributed by atoms with Crippen LogP contribution in [0.25, 0.3) is 0 Å². The zero-order chi connectivity index (χ0) is 22.1. The van der Waals surface area contributed by atoms with Crippen LogP contribution in [-0.4, -0.2) is 50.7 Å². The van der Waals surface area contributed by atoms with Crippen LogP contribution >= 0.6 is 12.4 Å². The molecule has 0 saturated carbocycles. The van der Waals surface area contributed by atoms with Gasteiger partial charge >= 0.3 is 0 Å². The fraction of sp³-hybridized carbons (Fsp3) is 0.409. The van der Waals surface area contributed by atoms with Crippen LogP contribution in [0, 0.1) is 0 Å². The molecule has 0 aliphatic heterocycles. The van der Waals surface area contributed by atoms with Crippen LogP contribution in [0.3, 0.4) is 0 Å². The number of para-hydroxylation sites is 1. The first-order valence-electron chi connectivity index (χ1n) is 10.1. The fourth-order valence-electron chi connectivity index (χ4n) is 2.71. The van der Waals surface area contributed by atoms with Crippen molar-refractivity contribution in [1.82, 2.24) is 4.90 Å². The Balaban J connectivity index is 0.00000480. The Bertz CT molecular complexity index is 930. The van der Waals surface area contributed by atoms with Crippen molar-refractivity contribution in [2.45, 2.75) is 32.9 Å². The van der Waals surface area contributed by atoms with Crippen LogP contribution in [0.2, 0.25) is 0 Å². The fourth-order valence-corrected chi connectivity index (χ4v) is 3.43. The summed E-state index contributed by atoms with van der Waals surface area (Å²) < 4.78 is 32.6.